The average molecular weight is 229 g/mol. The van der Waals surface area contributed by atoms with Crippen LogP contribution in [-0.4, -0.2) is 6.04 Å². The van der Waals surface area contributed by atoms with Crippen molar-refractivity contribution in [3.63, 3.8) is 0 Å². The van der Waals surface area contributed by atoms with Gasteiger partial charge < -0.3 is 0 Å². The van der Waals surface area contributed by atoms with Crippen molar-refractivity contribution in [3.05, 3.63) is 34.3 Å². The van der Waals surface area contributed by atoms with Crippen molar-refractivity contribution < 1.29 is 0 Å². The number of rotatable bonds is 3. The summed E-state index contributed by atoms with van der Waals surface area (Å²) in [5, 5.41) is 0. The number of hydrazine groups is 1. The molecule has 12 heavy (non-hydrogen) atoms. The van der Waals surface area contributed by atoms with Crippen LogP contribution in [0.15, 0.2) is 28.7 Å². The summed E-state index contributed by atoms with van der Waals surface area (Å²) in [6, 6.07) is 8.48. The first-order valence-electron chi connectivity index (χ1n) is 3.93. The van der Waals surface area contributed by atoms with Gasteiger partial charge in [0.15, 0.2) is 0 Å². The van der Waals surface area contributed by atoms with Gasteiger partial charge in [-0.1, -0.05) is 34.1 Å². The zero-order chi connectivity index (χ0) is 8.97. The molecule has 0 heterocycles. The van der Waals surface area contributed by atoms with Crippen LogP contribution in [-0.2, 0) is 6.42 Å². The van der Waals surface area contributed by atoms with Gasteiger partial charge in [0.1, 0.15) is 0 Å². The summed E-state index contributed by atoms with van der Waals surface area (Å²) in [4.78, 5) is 0. The third-order valence-electron chi connectivity index (χ3n) is 1.77. The first-order valence-corrected chi connectivity index (χ1v) is 4.73. The molecule has 1 atom stereocenters. The quantitative estimate of drug-likeness (QED) is 0.613. The van der Waals surface area contributed by atoms with E-state index in [1.807, 2.05) is 18.2 Å². The Balaban J connectivity index is 2.69. The third kappa shape index (κ3) is 2.59. The lowest BCUT2D eigenvalue weighted by Gasteiger charge is -2.10. The number of nitrogens with two attached hydrogens (primary N) is 1. The molecule has 0 aromatic heterocycles. The van der Waals surface area contributed by atoms with Gasteiger partial charge in [-0.15, -0.1) is 0 Å². The van der Waals surface area contributed by atoms with E-state index in [2.05, 4.69) is 34.3 Å². The maximum atomic E-state index is 5.30. The predicted octanol–water partition coefficient (Wildman–Crippen LogP) is 1.84. The Kier molecular flexibility index (Phi) is 3.72. The van der Waals surface area contributed by atoms with Crippen molar-refractivity contribution in [2.75, 3.05) is 0 Å². The number of benzene rings is 1. The number of hydrogen-bond donors (Lipinski definition) is 2. The fourth-order valence-corrected chi connectivity index (χ4v) is 1.50. The summed E-state index contributed by atoms with van der Waals surface area (Å²) in [5.74, 6) is 5.30. The van der Waals surface area contributed by atoms with Gasteiger partial charge in [-0.25, -0.2) is 0 Å². The normalized spacial score (nSPS) is 12.9. The number of hydrogen-bond acceptors (Lipinski definition) is 2. The lowest BCUT2D eigenvalue weighted by Crippen LogP contribution is -2.34. The molecule has 0 bridgehead atoms. The molecule has 0 amide bonds. The molecule has 3 heteroatoms. The predicted molar refractivity (Wildman–Crippen MR) is 54.6 cm³/mol. The Morgan fingerprint density at radius 2 is 2.17 bits per heavy atom. The number of halogens is 1. The summed E-state index contributed by atoms with van der Waals surface area (Å²) < 4.78 is 1.15. The van der Waals surface area contributed by atoms with E-state index in [-0.39, 0.29) is 0 Å². The van der Waals surface area contributed by atoms with Crippen LogP contribution >= 0.6 is 15.9 Å². The zero-order valence-electron chi connectivity index (χ0n) is 7.05. The minimum Gasteiger partial charge on any atom is -0.271 e. The molecule has 0 aliphatic carbocycles. The van der Waals surface area contributed by atoms with Crippen LogP contribution in [0.3, 0.4) is 0 Å². The van der Waals surface area contributed by atoms with E-state index < -0.39 is 0 Å². The highest BCUT2D eigenvalue weighted by Crippen LogP contribution is 2.16. The van der Waals surface area contributed by atoms with E-state index in [0.717, 1.165) is 10.9 Å². The largest absolute Gasteiger partial charge is 0.271 e. The zero-order valence-corrected chi connectivity index (χ0v) is 8.64. The van der Waals surface area contributed by atoms with Crippen molar-refractivity contribution in [2.24, 2.45) is 5.84 Å². The Labute approximate surface area is 81.3 Å². The van der Waals surface area contributed by atoms with Gasteiger partial charge in [-0.3, -0.25) is 11.3 Å². The first kappa shape index (κ1) is 9.71. The molecule has 0 aliphatic heterocycles. The summed E-state index contributed by atoms with van der Waals surface area (Å²) in [5.41, 5.74) is 4.00. The van der Waals surface area contributed by atoms with Crippen molar-refractivity contribution in [1.82, 2.24) is 5.43 Å². The van der Waals surface area contributed by atoms with Gasteiger partial charge in [-0.05, 0) is 25.0 Å². The van der Waals surface area contributed by atoms with Crippen LogP contribution in [0.5, 0.6) is 0 Å². The average Bonchev–Trinajstić information content (AvgIpc) is 2.09. The molecule has 1 aromatic rings. The van der Waals surface area contributed by atoms with Crippen molar-refractivity contribution in [2.45, 2.75) is 19.4 Å². The molecule has 66 valence electrons. The number of nitrogens with one attached hydrogen (secondary N) is 1. The maximum Gasteiger partial charge on any atom is 0.0223 e. The van der Waals surface area contributed by atoms with Crippen LogP contribution in [0, 0.1) is 0 Å². The van der Waals surface area contributed by atoms with Crippen molar-refractivity contribution in [3.8, 4) is 0 Å². The van der Waals surface area contributed by atoms with Crippen LogP contribution in [0.2, 0.25) is 0 Å². The monoisotopic (exact) mass is 228 g/mol. The second-order valence-corrected chi connectivity index (χ2v) is 3.72. The Morgan fingerprint density at radius 1 is 1.50 bits per heavy atom. The van der Waals surface area contributed by atoms with Gasteiger partial charge in [0, 0.05) is 10.5 Å². The Hall–Kier alpha value is -0.380. The van der Waals surface area contributed by atoms with E-state index in [1.165, 1.54) is 5.56 Å². The van der Waals surface area contributed by atoms with Gasteiger partial charge >= 0.3 is 0 Å². The minimum atomic E-state index is 0.309. The molecule has 3 N–H and O–H groups in total. The molecular formula is C9H13BrN2. The van der Waals surface area contributed by atoms with Crippen molar-refractivity contribution >= 4 is 15.9 Å². The van der Waals surface area contributed by atoms with Crippen LogP contribution in [0.4, 0.5) is 0 Å². The van der Waals surface area contributed by atoms with Gasteiger partial charge in [0.05, 0.1) is 0 Å². The minimum absolute atomic E-state index is 0.309. The fraction of sp³-hybridized carbons (Fsp3) is 0.333. The molecule has 0 spiro atoms. The Bertz CT molecular complexity index is 250. The molecule has 0 saturated carbocycles. The van der Waals surface area contributed by atoms with E-state index in [1.54, 1.807) is 0 Å². The second-order valence-electron chi connectivity index (χ2n) is 2.86. The lowest BCUT2D eigenvalue weighted by atomic mass is 10.1. The molecular weight excluding hydrogens is 216 g/mol. The molecule has 2 nitrogen and oxygen atoms in total. The van der Waals surface area contributed by atoms with E-state index in [4.69, 9.17) is 5.84 Å². The van der Waals surface area contributed by atoms with Crippen LogP contribution in [0.25, 0.3) is 0 Å². The smallest absolute Gasteiger partial charge is 0.0223 e. The Morgan fingerprint density at radius 3 is 2.75 bits per heavy atom. The third-order valence-corrected chi connectivity index (χ3v) is 2.54. The lowest BCUT2D eigenvalue weighted by molar-refractivity contribution is 0.567. The van der Waals surface area contributed by atoms with E-state index in [9.17, 15) is 0 Å². The van der Waals surface area contributed by atoms with Crippen molar-refractivity contribution in [1.29, 1.82) is 0 Å². The second kappa shape index (κ2) is 4.60. The SMILES string of the molecule is C[C@H](Cc1ccccc1Br)NN. The molecule has 0 unspecified atom stereocenters. The highest BCUT2D eigenvalue weighted by molar-refractivity contribution is 9.10. The molecule has 0 fully saturated rings. The highest BCUT2D eigenvalue weighted by atomic mass is 79.9. The molecule has 0 saturated heterocycles. The first-order chi connectivity index (χ1) is 5.74. The van der Waals surface area contributed by atoms with Gasteiger partial charge in [0.2, 0.25) is 0 Å². The fourth-order valence-electron chi connectivity index (χ4n) is 1.05. The summed E-state index contributed by atoms with van der Waals surface area (Å²) in [6.07, 6.45) is 0.942. The van der Waals surface area contributed by atoms with E-state index >= 15 is 0 Å². The summed E-state index contributed by atoms with van der Waals surface area (Å²) in [6.45, 7) is 2.06. The molecule has 0 radical (unpaired) electrons. The van der Waals surface area contributed by atoms with E-state index in [0.29, 0.717) is 6.04 Å². The van der Waals surface area contributed by atoms with Crippen LogP contribution in [0.1, 0.15) is 12.5 Å². The summed E-state index contributed by atoms with van der Waals surface area (Å²) in [7, 11) is 0. The highest BCUT2D eigenvalue weighted by Gasteiger charge is 2.02. The summed E-state index contributed by atoms with van der Waals surface area (Å²) >= 11 is 3.49. The molecule has 0 aliphatic rings. The van der Waals surface area contributed by atoms with Crippen LogP contribution < -0.4 is 11.3 Å². The standard InChI is InChI=1S/C9H13BrN2/c1-7(12-11)6-8-4-2-3-5-9(8)10/h2-5,7,12H,6,11H2,1H3/t7-/m1/s1. The van der Waals surface area contributed by atoms with Gasteiger partial charge in [0.25, 0.3) is 0 Å². The topological polar surface area (TPSA) is 38.0 Å². The van der Waals surface area contributed by atoms with Gasteiger partial charge in [-0.2, -0.15) is 0 Å². The molecule has 1 rings (SSSR count). The maximum absolute atomic E-state index is 5.30. The molecule has 1 aromatic carbocycles.